The summed E-state index contributed by atoms with van der Waals surface area (Å²) in [6.07, 6.45) is 5.81. The number of hydrogen-bond acceptors (Lipinski definition) is 3. The first-order valence-corrected chi connectivity index (χ1v) is 6.59. The summed E-state index contributed by atoms with van der Waals surface area (Å²) in [6.45, 7) is 2.10. The van der Waals surface area contributed by atoms with Crippen LogP contribution in [0.4, 0.5) is 0 Å². The maximum Gasteiger partial charge on any atom is 0.332 e. The van der Waals surface area contributed by atoms with Crippen molar-refractivity contribution in [3.05, 3.63) is 0 Å². The third-order valence-electron chi connectivity index (χ3n) is 3.25. The van der Waals surface area contributed by atoms with Crippen LogP contribution >= 0.6 is 12.4 Å². The molecule has 0 atom stereocenters. The fourth-order valence-electron chi connectivity index (χ4n) is 1.94. The van der Waals surface area contributed by atoms with Gasteiger partial charge >= 0.3 is 17.9 Å². The number of hydrogen-bond donors (Lipinski definition) is 3. The molecule has 0 spiro atoms. The molecule has 0 radical (unpaired) electrons. The topological polar surface area (TPSA) is 112 Å². The van der Waals surface area contributed by atoms with Crippen molar-refractivity contribution in [1.82, 2.24) is 0 Å². The Kier molecular flexibility index (Phi) is 11.0. The quantitative estimate of drug-likeness (QED) is 0.399. The molecule has 3 N–H and O–H groups in total. The van der Waals surface area contributed by atoms with E-state index in [0.717, 1.165) is 32.1 Å². The minimum atomic E-state index is -2.70. The van der Waals surface area contributed by atoms with Gasteiger partial charge in [-0.1, -0.05) is 51.9 Å². The molecule has 0 heterocycles. The SMILES string of the molecule is CCCCCCCCCC(C(=O)O)(C(=O)O)C(=O)O.Cl. The first kappa shape index (κ1) is 21.0. The molecular weight excluding hydrogens is 288 g/mol. The zero-order valence-electron chi connectivity index (χ0n) is 11.6. The van der Waals surface area contributed by atoms with E-state index in [4.69, 9.17) is 15.3 Å². The van der Waals surface area contributed by atoms with Crippen molar-refractivity contribution in [2.24, 2.45) is 5.41 Å². The molecule has 6 nitrogen and oxygen atoms in total. The normalized spacial score (nSPS) is 10.7. The largest absolute Gasteiger partial charge is 0.480 e. The molecule has 0 aliphatic heterocycles. The number of carboxylic acids is 3. The summed E-state index contributed by atoms with van der Waals surface area (Å²) in [4.78, 5) is 32.8. The average Bonchev–Trinajstić information content (AvgIpc) is 2.31. The highest BCUT2D eigenvalue weighted by Gasteiger charge is 2.53. The zero-order chi connectivity index (χ0) is 14.9. The Labute approximate surface area is 124 Å². The number of unbranched alkanes of at least 4 members (excludes halogenated alkanes) is 6. The van der Waals surface area contributed by atoms with Crippen LogP contribution in [0.5, 0.6) is 0 Å². The van der Waals surface area contributed by atoms with Crippen molar-refractivity contribution in [3.8, 4) is 0 Å². The highest BCUT2D eigenvalue weighted by atomic mass is 35.5. The van der Waals surface area contributed by atoms with Crippen molar-refractivity contribution < 1.29 is 29.7 Å². The summed E-state index contributed by atoms with van der Waals surface area (Å²) >= 11 is 0. The molecule has 0 aromatic carbocycles. The highest BCUT2D eigenvalue weighted by molar-refractivity contribution is 6.16. The van der Waals surface area contributed by atoms with Crippen LogP contribution < -0.4 is 0 Å². The van der Waals surface area contributed by atoms with E-state index in [1.807, 2.05) is 0 Å². The zero-order valence-corrected chi connectivity index (χ0v) is 12.4. The molecule has 0 fully saturated rings. The van der Waals surface area contributed by atoms with E-state index in [1.54, 1.807) is 0 Å². The fraction of sp³-hybridized carbons (Fsp3) is 0.769. The van der Waals surface area contributed by atoms with Crippen molar-refractivity contribution in [2.45, 2.75) is 58.3 Å². The standard InChI is InChI=1S/C13H22O6.ClH/c1-2-3-4-5-6-7-8-9-13(10(14)15,11(16)17)12(18)19;/h2-9H2,1H3,(H,14,15)(H,16,17)(H,18,19);1H. The molecule has 0 aromatic heterocycles. The minimum Gasteiger partial charge on any atom is -0.480 e. The summed E-state index contributed by atoms with van der Waals surface area (Å²) in [6, 6.07) is 0. The third-order valence-corrected chi connectivity index (χ3v) is 3.25. The Morgan fingerprint density at radius 3 is 1.45 bits per heavy atom. The maximum atomic E-state index is 10.9. The number of carbonyl (C=O) groups is 3. The van der Waals surface area contributed by atoms with E-state index in [-0.39, 0.29) is 25.2 Å². The molecule has 7 heteroatoms. The number of rotatable bonds is 11. The molecule has 0 unspecified atom stereocenters. The van der Waals surface area contributed by atoms with Gasteiger partial charge < -0.3 is 15.3 Å². The minimum absolute atomic E-state index is 0. The molecule has 0 aliphatic rings. The summed E-state index contributed by atoms with van der Waals surface area (Å²) < 4.78 is 0. The number of carboxylic acid groups (broad SMARTS) is 3. The molecule has 0 rings (SSSR count). The molecule has 20 heavy (non-hydrogen) atoms. The lowest BCUT2D eigenvalue weighted by Crippen LogP contribution is -2.46. The predicted molar refractivity (Wildman–Crippen MR) is 75.2 cm³/mol. The summed E-state index contributed by atoms with van der Waals surface area (Å²) in [5.74, 6) is -5.42. The van der Waals surface area contributed by atoms with Crippen molar-refractivity contribution >= 4 is 30.3 Å². The Balaban J connectivity index is 0. The van der Waals surface area contributed by atoms with E-state index in [1.165, 1.54) is 0 Å². The Morgan fingerprint density at radius 1 is 0.750 bits per heavy atom. The van der Waals surface area contributed by atoms with E-state index >= 15 is 0 Å². The molecule has 0 bridgehead atoms. The first-order chi connectivity index (χ1) is 8.89. The van der Waals surface area contributed by atoms with Crippen LogP contribution in [0.3, 0.4) is 0 Å². The lowest BCUT2D eigenvalue weighted by atomic mass is 9.82. The highest BCUT2D eigenvalue weighted by Crippen LogP contribution is 2.27. The van der Waals surface area contributed by atoms with Crippen LogP contribution in [-0.2, 0) is 14.4 Å². The lowest BCUT2D eigenvalue weighted by Gasteiger charge is -2.19. The second-order valence-corrected chi connectivity index (χ2v) is 4.69. The van der Waals surface area contributed by atoms with Gasteiger partial charge in [-0.15, -0.1) is 12.4 Å². The molecule has 118 valence electrons. The van der Waals surface area contributed by atoms with Gasteiger partial charge in [0.05, 0.1) is 0 Å². The van der Waals surface area contributed by atoms with Gasteiger partial charge in [-0.25, -0.2) is 0 Å². The maximum absolute atomic E-state index is 10.9. The molecule has 0 saturated heterocycles. The van der Waals surface area contributed by atoms with Crippen LogP contribution in [0.1, 0.15) is 58.3 Å². The van der Waals surface area contributed by atoms with Gasteiger partial charge in [0, 0.05) is 0 Å². The van der Waals surface area contributed by atoms with Gasteiger partial charge in [0.2, 0.25) is 0 Å². The lowest BCUT2D eigenvalue weighted by molar-refractivity contribution is -0.176. The van der Waals surface area contributed by atoms with Crippen LogP contribution in [0.15, 0.2) is 0 Å². The second-order valence-electron chi connectivity index (χ2n) is 4.69. The van der Waals surface area contributed by atoms with Gasteiger partial charge in [-0.3, -0.25) is 14.4 Å². The van der Waals surface area contributed by atoms with Gasteiger partial charge in [0.25, 0.3) is 5.41 Å². The second kappa shape index (κ2) is 10.5. The van der Waals surface area contributed by atoms with Crippen LogP contribution in [0.25, 0.3) is 0 Å². The third kappa shape index (κ3) is 5.77. The molecule has 0 aliphatic carbocycles. The summed E-state index contributed by atoms with van der Waals surface area (Å²) in [7, 11) is 0. The predicted octanol–water partition coefficient (Wildman–Crippen LogP) is 2.79. The number of aliphatic carboxylic acids is 3. The van der Waals surface area contributed by atoms with E-state index in [0.29, 0.717) is 6.42 Å². The van der Waals surface area contributed by atoms with Crippen molar-refractivity contribution in [2.75, 3.05) is 0 Å². The summed E-state index contributed by atoms with van der Waals surface area (Å²) in [5.41, 5.74) is -2.70. The molecule has 0 saturated carbocycles. The van der Waals surface area contributed by atoms with Crippen LogP contribution in [-0.4, -0.2) is 33.2 Å². The fourth-order valence-corrected chi connectivity index (χ4v) is 1.94. The molecule has 0 aromatic rings. The Hall–Kier alpha value is -1.30. The van der Waals surface area contributed by atoms with Gasteiger partial charge in [0.15, 0.2) is 0 Å². The van der Waals surface area contributed by atoms with Gasteiger partial charge in [-0.05, 0) is 6.42 Å². The molecule has 0 amide bonds. The number of halogens is 1. The van der Waals surface area contributed by atoms with Gasteiger partial charge in [0.1, 0.15) is 0 Å². The van der Waals surface area contributed by atoms with Crippen molar-refractivity contribution in [1.29, 1.82) is 0 Å². The smallest absolute Gasteiger partial charge is 0.332 e. The van der Waals surface area contributed by atoms with Crippen molar-refractivity contribution in [3.63, 3.8) is 0 Å². The van der Waals surface area contributed by atoms with Crippen LogP contribution in [0, 0.1) is 5.41 Å². The first-order valence-electron chi connectivity index (χ1n) is 6.59. The van der Waals surface area contributed by atoms with E-state index in [2.05, 4.69) is 6.92 Å². The average molecular weight is 311 g/mol. The Morgan fingerprint density at radius 2 is 1.10 bits per heavy atom. The molecular formula is C13H23ClO6. The van der Waals surface area contributed by atoms with Crippen LogP contribution in [0.2, 0.25) is 0 Å². The van der Waals surface area contributed by atoms with E-state index < -0.39 is 23.3 Å². The Bertz CT molecular complexity index is 293. The summed E-state index contributed by atoms with van der Waals surface area (Å²) in [5, 5.41) is 26.6. The monoisotopic (exact) mass is 310 g/mol. The van der Waals surface area contributed by atoms with Gasteiger partial charge in [-0.2, -0.15) is 0 Å². The van der Waals surface area contributed by atoms with E-state index in [9.17, 15) is 14.4 Å².